The molecule has 0 aromatic carbocycles. The molecule has 3 heterocycles. The zero-order valence-electron chi connectivity index (χ0n) is 11.8. The number of aliphatic hydroxyl groups is 3. The van der Waals surface area contributed by atoms with Crippen molar-refractivity contribution in [1.82, 2.24) is 14.5 Å². The molecule has 0 bridgehead atoms. The molecule has 8 nitrogen and oxygen atoms in total. The number of aliphatic hydroxyl groups excluding tert-OH is 2. The number of rotatable bonds is 2. The fourth-order valence-corrected chi connectivity index (χ4v) is 2.78. The first-order valence-corrected chi connectivity index (χ1v) is 6.63. The molecule has 0 aliphatic carbocycles. The van der Waals surface area contributed by atoms with Gasteiger partial charge in [-0.15, -0.1) is 0 Å². The van der Waals surface area contributed by atoms with E-state index in [2.05, 4.69) is 9.97 Å². The highest BCUT2D eigenvalue weighted by atomic mass is 16.6. The Bertz CT molecular complexity index is 684. The van der Waals surface area contributed by atoms with Crippen LogP contribution in [0.2, 0.25) is 0 Å². The predicted octanol–water partition coefficient (Wildman–Crippen LogP) is -0.676. The maximum Gasteiger partial charge on any atom is 0.222 e. The Labute approximate surface area is 120 Å². The van der Waals surface area contributed by atoms with Gasteiger partial charge >= 0.3 is 0 Å². The number of ether oxygens (including phenoxy) is 1. The number of nitrogens with two attached hydrogens (primary N) is 1. The monoisotopic (exact) mass is 294 g/mol. The molecule has 0 amide bonds. The number of hydrogen-bond donors (Lipinski definition) is 4. The molecule has 1 aliphatic rings. The van der Waals surface area contributed by atoms with Gasteiger partial charge < -0.3 is 30.4 Å². The molecule has 1 unspecified atom stereocenters. The summed E-state index contributed by atoms with van der Waals surface area (Å²) in [4.78, 5) is 8.26. The SMILES string of the molecule is Cc1nc(N)nc2c1ccn2[C@@H]1O[C@H](CO)C(O)[C@]1(C)O. The fourth-order valence-electron chi connectivity index (χ4n) is 2.78. The van der Waals surface area contributed by atoms with Crippen LogP contribution in [0.15, 0.2) is 12.3 Å². The van der Waals surface area contributed by atoms with Gasteiger partial charge in [-0.3, -0.25) is 0 Å². The number of nitrogens with zero attached hydrogens (tertiary/aromatic N) is 3. The maximum absolute atomic E-state index is 10.5. The standard InChI is InChI=1S/C13H18N4O4/c1-6-7-3-4-17(10(7)16-12(14)15-6)11-13(2,20)9(19)8(5-18)21-11/h3-4,8-9,11,18-20H,5H2,1-2H3,(H2,14,15,16)/t8-,9?,11-,13+/m1/s1. The predicted molar refractivity (Wildman–Crippen MR) is 74.3 cm³/mol. The lowest BCUT2D eigenvalue weighted by Gasteiger charge is -2.27. The summed E-state index contributed by atoms with van der Waals surface area (Å²) < 4.78 is 7.18. The van der Waals surface area contributed by atoms with Crippen molar-refractivity contribution in [2.75, 3.05) is 12.3 Å². The minimum atomic E-state index is -1.56. The molecule has 3 rings (SSSR count). The number of aryl methyl sites for hydroxylation is 1. The van der Waals surface area contributed by atoms with Crippen LogP contribution in [0, 0.1) is 6.92 Å². The first kappa shape index (κ1) is 14.2. The van der Waals surface area contributed by atoms with Crippen molar-refractivity contribution in [3.05, 3.63) is 18.0 Å². The zero-order valence-corrected chi connectivity index (χ0v) is 11.8. The Kier molecular flexibility index (Phi) is 3.14. The van der Waals surface area contributed by atoms with Gasteiger partial charge in [-0.05, 0) is 19.9 Å². The first-order chi connectivity index (χ1) is 9.86. The van der Waals surface area contributed by atoms with Gasteiger partial charge in [-0.1, -0.05) is 0 Å². The number of nitrogen functional groups attached to an aromatic ring is 1. The molecule has 5 N–H and O–H groups in total. The molecule has 0 spiro atoms. The van der Waals surface area contributed by atoms with E-state index in [0.717, 1.165) is 5.39 Å². The fraction of sp³-hybridized carbons (Fsp3) is 0.538. The molecule has 1 aliphatic heterocycles. The third-order valence-corrected chi connectivity index (χ3v) is 3.97. The number of anilines is 1. The molecule has 114 valence electrons. The lowest BCUT2D eigenvalue weighted by atomic mass is 9.96. The van der Waals surface area contributed by atoms with E-state index in [4.69, 9.17) is 10.5 Å². The molecule has 2 aromatic heterocycles. The van der Waals surface area contributed by atoms with E-state index >= 15 is 0 Å². The Balaban J connectivity index is 2.13. The topological polar surface area (TPSA) is 127 Å². The quantitative estimate of drug-likeness (QED) is 0.578. The summed E-state index contributed by atoms with van der Waals surface area (Å²) in [6, 6.07) is 1.79. The summed E-state index contributed by atoms with van der Waals surface area (Å²) >= 11 is 0. The van der Waals surface area contributed by atoms with E-state index in [9.17, 15) is 15.3 Å². The smallest absolute Gasteiger partial charge is 0.222 e. The number of aromatic nitrogens is 3. The maximum atomic E-state index is 10.5. The van der Waals surface area contributed by atoms with Crippen molar-refractivity contribution in [2.45, 2.75) is 37.9 Å². The largest absolute Gasteiger partial charge is 0.394 e. The van der Waals surface area contributed by atoms with Crippen LogP contribution < -0.4 is 5.73 Å². The van der Waals surface area contributed by atoms with Gasteiger partial charge in [-0.2, -0.15) is 4.98 Å². The molecule has 21 heavy (non-hydrogen) atoms. The third-order valence-electron chi connectivity index (χ3n) is 3.97. The van der Waals surface area contributed by atoms with Crippen LogP contribution in [-0.4, -0.2) is 54.3 Å². The second-order valence-electron chi connectivity index (χ2n) is 5.51. The lowest BCUT2D eigenvalue weighted by molar-refractivity contribution is -0.0948. The van der Waals surface area contributed by atoms with Crippen molar-refractivity contribution >= 4 is 17.0 Å². The second kappa shape index (κ2) is 4.63. The van der Waals surface area contributed by atoms with E-state index in [1.807, 2.05) is 6.92 Å². The van der Waals surface area contributed by atoms with E-state index < -0.39 is 24.0 Å². The van der Waals surface area contributed by atoms with Crippen molar-refractivity contribution in [1.29, 1.82) is 0 Å². The van der Waals surface area contributed by atoms with Gasteiger partial charge in [0.25, 0.3) is 0 Å². The van der Waals surface area contributed by atoms with Crippen molar-refractivity contribution < 1.29 is 20.1 Å². The molecule has 0 radical (unpaired) electrons. The normalized spacial score (nSPS) is 32.9. The summed E-state index contributed by atoms with van der Waals surface area (Å²) in [6.45, 7) is 2.88. The molecule has 4 atom stereocenters. The van der Waals surface area contributed by atoms with Gasteiger partial charge in [0.05, 0.1) is 12.3 Å². The summed E-state index contributed by atoms with van der Waals surface area (Å²) in [5.41, 5.74) is 5.34. The highest BCUT2D eigenvalue weighted by molar-refractivity contribution is 5.79. The highest BCUT2D eigenvalue weighted by Gasteiger charge is 2.53. The highest BCUT2D eigenvalue weighted by Crippen LogP contribution is 2.39. The van der Waals surface area contributed by atoms with Gasteiger partial charge in [0.15, 0.2) is 6.23 Å². The molecule has 2 aromatic rings. The molecule has 8 heteroatoms. The Morgan fingerprint density at radius 1 is 1.48 bits per heavy atom. The molecule has 0 saturated carbocycles. The van der Waals surface area contributed by atoms with Crippen LogP contribution in [0.3, 0.4) is 0 Å². The van der Waals surface area contributed by atoms with Crippen LogP contribution in [0.1, 0.15) is 18.8 Å². The van der Waals surface area contributed by atoms with Gasteiger partial charge in [-0.25, -0.2) is 4.98 Å². The van der Waals surface area contributed by atoms with Crippen LogP contribution in [0.5, 0.6) is 0 Å². The van der Waals surface area contributed by atoms with Crippen LogP contribution in [0.25, 0.3) is 11.0 Å². The van der Waals surface area contributed by atoms with E-state index in [1.54, 1.807) is 16.8 Å². The van der Waals surface area contributed by atoms with E-state index in [-0.39, 0.29) is 12.6 Å². The Morgan fingerprint density at radius 2 is 2.19 bits per heavy atom. The summed E-state index contributed by atoms with van der Waals surface area (Å²) in [5, 5.41) is 30.6. The average Bonchev–Trinajstić information content (AvgIpc) is 2.91. The van der Waals surface area contributed by atoms with Crippen molar-refractivity contribution in [3.63, 3.8) is 0 Å². The van der Waals surface area contributed by atoms with Gasteiger partial charge in [0, 0.05) is 11.6 Å². The van der Waals surface area contributed by atoms with Crippen LogP contribution >= 0.6 is 0 Å². The summed E-state index contributed by atoms with van der Waals surface area (Å²) in [5.74, 6) is 0.122. The third kappa shape index (κ3) is 1.99. The first-order valence-electron chi connectivity index (χ1n) is 6.63. The van der Waals surface area contributed by atoms with E-state index in [0.29, 0.717) is 11.3 Å². The summed E-state index contributed by atoms with van der Waals surface area (Å²) in [6.07, 6.45) is -1.25. The molecular formula is C13H18N4O4. The Morgan fingerprint density at radius 3 is 2.81 bits per heavy atom. The number of fused-ring (bicyclic) bond motifs is 1. The van der Waals surface area contributed by atoms with Crippen LogP contribution in [-0.2, 0) is 4.74 Å². The Hall–Kier alpha value is -1.74. The number of hydrogen-bond acceptors (Lipinski definition) is 7. The van der Waals surface area contributed by atoms with Crippen LogP contribution in [0.4, 0.5) is 5.95 Å². The van der Waals surface area contributed by atoms with Crippen molar-refractivity contribution in [3.8, 4) is 0 Å². The lowest BCUT2D eigenvalue weighted by Crippen LogP contribution is -2.44. The minimum absolute atomic E-state index is 0.122. The van der Waals surface area contributed by atoms with Gasteiger partial charge in [0.2, 0.25) is 5.95 Å². The average molecular weight is 294 g/mol. The molecular weight excluding hydrogens is 276 g/mol. The summed E-state index contributed by atoms with van der Waals surface area (Å²) in [7, 11) is 0. The van der Waals surface area contributed by atoms with E-state index in [1.165, 1.54) is 6.92 Å². The molecule has 1 fully saturated rings. The second-order valence-corrected chi connectivity index (χ2v) is 5.51. The minimum Gasteiger partial charge on any atom is -0.394 e. The van der Waals surface area contributed by atoms with Crippen molar-refractivity contribution in [2.24, 2.45) is 0 Å². The molecule has 1 saturated heterocycles. The van der Waals surface area contributed by atoms with Gasteiger partial charge in [0.1, 0.15) is 23.5 Å². The zero-order chi connectivity index (χ0) is 15.4.